The summed E-state index contributed by atoms with van der Waals surface area (Å²) in [4.78, 5) is 20.6. The molecule has 0 saturated carbocycles. The molecule has 0 aliphatic heterocycles. The first kappa shape index (κ1) is 14.3. The van der Waals surface area contributed by atoms with E-state index in [1.165, 1.54) is 11.3 Å². The number of nitrogens with one attached hydrogen (secondary N) is 2. The molecule has 0 aliphatic rings. The summed E-state index contributed by atoms with van der Waals surface area (Å²) in [6, 6.07) is 3.38. The molecule has 5 nitrogen and oxygen atoms in total. The molecule has 104 valence electrons. The molecule has 1 atom stereocenters. The zero-order valence-electron chi connectivity index (χ0n) is 11.0. The predicted octanol–water partition coefficient (Wildman–Crippen LogP) is 1.70. The molecule has 2 aromatic heterocycles. The lowest BCUT2D eigenvalue weighted by molar-refractivity contribution is 0.0942. The van der Waals surface area contributed by atoms with Gasteiger partial charge in [0.05, 0.1) is 22.4 Å². The second-order valence-electron chi connectivity index (χ2n) is 4.11. The smallest absolute Gasteiger partial charge is 0.261 e. The minimum Gasteiger partial charge on any atom is -0.395 e. The fraction of sp³-hybridized carbons (Fsp3) is 0.286. The summed E-state index contributed by atoms with van der Waals surface area (Å²) >= 11 is 1.33. The predicted molar refractivity (Wildman–Crippen MR) is 77.4 cm³/mol. The molecular weight excluding hydrogens is 274 g/mol. The number of aromatic nitrogens is 2. The fourth-order valence-electron chi connectivity index (χ4n) is 1.58. The van der Waals surface area contributed by atoms with Crippen LogP contribution in [0.2, 0.25) is 0 Å². The molecular formula is C14H15N3O2S. The van der Waals surface area contributed by atoms with Crippen molar-refractivity contribution in [1.82, 2.24) is 15.3 Å². The SMILES string of the molecule is CC(NC(=O)c1ccc(C#CCCO)s1)c1ncc[nH]1. The van der Waals surface area contributed by atoms with Crippen molar-refractivity contribution in [2.45, 2.75) is 19.4 Å². The summed E-state index contributed by atoms with van der Waals surface area (Å²) in [7, 11) is 0. The third kappa shape index (κ3) is 3.70. The van der Waals surface area contributed by atoms with Crippen LogP contribution in [-0.4, -0.2) is 27.6 Å². The van der Waals surface area contributed by atoms with Crippen molar-refractivity contribution in [3.63, 3.8) is 0 Å². The van der Waals surface area contributed by atoms with Gasteiger partial charge in [0.15, 0.2) is 0 Å². The highest BCUT2D eigenvalue weighted by molar-refractivity contribution is 7.14. The normalized spacial score (nSPS) is 11.5. The number of amides is 1. The monoisotopic (exact) mass is 289 g/mol. The van der Waals surface area contributed by atoms with Gasteiger partial charge in [0.25, 0.3) is 5.91 Å². The highest BCUT2D eigenvalue weighted by Gasteiger charge is 2.14. The van der Waals surface area contributed by atoms with Crippen molar-refractivity contribution in [3.8, 4) is 11.8 Å². The summed E-state index contributed by atoms with van der Waals surface area (Å²) in [5.74, 6) is 6.32. The molecule has 0 spiro atoms. The average Bonchev–Trinajstić information content (AvgIpc) is 3.10. The Kier molecular flexibility index (Phi) is 4.93. The lowest BCUT2D eigenvalue weighted by Crippen LogP contribution is -2.26. The average molecular weight is 289 g/mol. The zero-order valence-corrected chi connectivity index (χ0v) is 11.8. The molecule has 1 unspecified atom stereocenters. The number of imidazole rings is 1. The van der Waals surface area contributed by atoms with E-state index in [1.54, 1.807) is 18.5 Å². The maximum Gasteiger partial charge on any atom is 0.261 e. The number of thiophene rings is 1. The molecule has 3 N–H and O–H groups in total. The molecule has 0 bridgehead atoms. The quantitative estimate of drug-likeness (QED) is 0.750. The summed E-state index contributed by atoms with van der Waals surface area (Å²) in [6.07, 6.45) is 3.81. The van der Waals surface area contributed by atoms with Crippen LogP contribution >= 0.6 is 11.3 Å². The van der Waals surface area contributed by atoms with Crippen LogP contribution in [0.3, 0.4) is 0 Å². The largest absolute Gasteiger partial charge is 0.395 e. The standard InChI is InChI=1S/C14H15N3O2S/c1-10(13-15-7-8-16-13)17-14(19)12-6-5-11(20-12)4-2-3-9-18/h5-8,10,18H,3,9H2,1H3,(H,15,16)(H,17,19). The maximum atomic E-state index is 12.1. The number of hydrogen-bond acceptors (Lipinski definition) is 4. The lowest BCUT2D eigenvalue weighted by atomic mass is 10.3. The number of carbonyl (C=O) groups is 1. The van der Waals surface area contributed by atoms with Gasteiger partial charge in [-0.05, 0) is 19.1 Å². The van der Waals surface area contributed by atoms with E-state index in [9.17, 15) is 4.79 Å². The molecule has 2 heterocycles. The second-order valence-corrected chi connectivity index (χ2v) is 5.19. The molecule has 6 heteroatoms. The van der Waals surface area contributed by atoms with Crippen molar-refractivity contribution < 1.29 is 9.90 Å². The van der Waals surface area contributed by atoms with Gasteiger partial charge < -0.3 is 15.4 Å². The van der Waals surface area contributed by atoms with Crippen LogP contribution in [0, 0.1) is 11.8 Å². The van der Waals surface area contributed by atoms with Crippen LogP contribution in [-0.2, 0) is 0 Å². The number of H-pyrrole nitrogens is 1. The Balaban J connectivity index is 1.98. The van der Waals surface area contributed by atoms with Crippen molar-refractivity contribution in [3.05, 3.63) is 40.1 Å². The van der Waals surface area contributed by atoms with E-state index in [2.05, 4.69) is 27.1 Å². The molecule has 2 aromatic rings. The van der Waals surface area contributed by atoms with E-state index >= 15 is 0 Å². The number of aliphatic hydroxyl groups is 1. The third-order valence-electron chi connectivity index (χ3n) is 2.56. The Morgan fingerprint density at radius 1 is 1.60 bits per heavy atom. The fourth-order valence-corrected chi connectivity index (χ4v) is 2.37. The zero-order chi connectivity index (χ0) is 14.4. The molecule has 0 saturated heterocycles. The number of rotatable bonds is 4. The maximum absolute atomic E-state index is 12.1. The van der Waals surface area contributed by atoms with Crippen LogP contribution in [0.1, 0.15) is 39.8 Å². The Morgan fingerprint density at radius 2 is 2.45 bits per heavy atom. The second kappa shape index (κ2) is 6.89. The Morgan fingerprint density at radius 3 is 3.15 bits per heavy atom. The highest BCUT2D eigenvalue weighted by atomic mass is 32.1. The molecule has 1 amide bonds. The highest BCUT2D eigenvalue weighted by Crippen LogP contribution is 2.16. The first-order valence-corrected chi connectivity index (χ1v) is 7.02. The van der Waals surface area contributed by atoms with Crippen molar-refractivity contribution in [2.24, 2.45) is 0 Å². The summed E-state index contributed by atoms with van der Waals surface area (Å²) in [6.45, 7) is 1.92. The summed E-state index contributed by atoms with van der Waals surface area (Å²) in [5, 5.41) is 11.5. The minimum absolute atomic E-state index is 0.0480. The van der Waals surface area contributed by atoms with Gasteiger partial charge in [0, 0.05) is 18.8 Å². The van der Waals surface area contributed by atoms with Gasteiger partial charge in [-0.2, -0.15) is 0 Å². The van der Waals surface area contributed by atoms with Crippen molar-refractivity contribution >= 4 is 17.2 Å². The van der Waals surface area contributed by atoms with Crippen LogP contribution in [0.4, 0.5) is 0 Å². The molecule has 0 aliphatic carbocycles. The van der Waals surface area contributed by atoms with Gasteiger partial charge in [0.2, 0.25) is 0 Å². The van der Waals surface area contributed by atoms with Gasteiger partial charge in [-0.3, -0.25) is 4.79 Å². The molecule has 0 radical (unpaired) electrons. The third-order valence-corrected chi connectivity index (χ3v) is 3.55. The summed E-state index contributed by atoms with van der Waals surface area (Å²) < 4.78 is 0. The summed E-state index contributed by atoms with van der Waals surface area (Å²) in [5.41, 5.74) is 0. The number of aromatic amines is 1. The topological polar surface area (TPSA) is 78.0 Å². The van der Waals surface area contributed by atoms with Gasteiger partial charge in [0.1, 0.15) is 5.82 Å². The van der Waals surface area contributed by atoms with Crippen LogP contribution < -0.4 is 5.32 Å². The Labute approximate surface area is 121 Å². The number of hydrogen-bond donors (Lipinski definition) is 3. The number of carbonyl (C=O) groups excluding carboxylic acids is 1. The van der Waals surface area contributed by atoms with Gasteiger partial charge in [-0.25, -0.2) is 4.98 Å². The molecule has 0 fully saturated rings. The van der Waals surface area contributed by atoms with Gasteiger partial charge >= 0.3 is 0 Å². The Bertz CT molecular complexity index is 622. The van der Waals surface area contributed by atoms with E-state index < -0.39 is 0 Å². The first-order valence-electron chi connectivity index (χ1n) is 6.20. The van der Waals surface area contributed by atoms with Gasteiger partial charge in [-0.15, -0.1) is 11.3 Å². The van der Waals surface area contributed by atoms with Crippen LogP contribution in [0.25, 0.3) is 0 Å². The van der Waals surface area contributed by atoms with E-state index in [0.717, 1.165) is 10.7 Å². The number of nitrogens with zero attached hydrogens (tertiary/aromatic N) is 1. The van der Waals surface area contributed by atoms with E-state index in [0.29, 0.717) is 11.3 Å². The molecule has 2 rings (SSSR count). The van der Waals surface area contributed by atoms with E-state index in [4.69, 9.17) is 5.11 Å². The Hall–Kier alpha value is -2.10. The molecule has 0 aromatic carbocycles. The van der Waals surface area contributed by atoms with Crippen molar-refractivity contribution in [2.75, 3.05) is 6.61 Å². The van der Waals surface area contributed by atoms with Crippen molar-refractivity contribution in [1.29, 1.82) is 0 Å². The lowest BCUT2D eigenvalue weighted by Gasteiger charge is -2.10. The van der Waals surface area contributed by atoms with E-state index in [-0.39, 0.29) is 18.6 Å². The van der Waals surface area contributed by atoms with Crippen LogP contribution in [0.5, 0.6) is 0 Å². The number of aliphatic hydroxyl groups excluding tert-OH is 1. The van der Waals surface area contributed by atoms with Crippen LogP contribution in [0.15, 0.2) is 24.5 Å². The van der Waals surface area contributed by atoms with Gasteiger partial charge in [-0.1, -0.05) is 11.8 Å². The minimum atomic E-state index is -0.177. The molecule has 20 heavy (non-hydrogen) atoms. The van der Waals surface area contributed by atoms with E-state index in [1.807, 2.05) is 13.0 Å². The first-order chi connectivity index (χ1) is 9.70.